The second kappa shape index (κ2) is 9.35. The molecule has 2 rings (SSSR count). The predicted molar refractivity (Wildman–Crippen MR) is 104 cm³/mol. The van der Waals surface area contributed by atoms with Gasteiger partial charge in [-0.15, -0.1) is 0 Å². The molecule has 8 heteroatoms. The Morgan fingerprint density at radius 1 is 1.12 bits per heavy atom. The zero-order valence-corrected chi connectivity index (χ0v) is 16.3. The molecule has 144 valence electrons. The van der Waals surface area contributed by atoms with Gasteiger partial charge in [0.2, 0.25) is 11.9 Å². The fourth-order valence-electron chi connectivity index (χ4n) is 2.74. The van der Waals surface area contributed by atoms with E-state index < -0.39 is 5.41 Å². The van der Waals surface area contributed by atoms with Crippen molar-refractivity contribution in [3.8, 4) is 0 Å². The third kappa shape index (κ3) is 5.31. The lowest BCUT2D eigenvalue weighted by molar-refractivity contribution is -0.128. The maximum Gasteiger partial charge on any atom is 0.227 e. The van der Waals surface area contributed by atoms with Crippen molar-refractivity contribution >= 4 is 17.8 Å². The maximum absolute atomic E-state index is 12.2. The average molecular weight is 361 g/mol. The van der Waals surface area contributed by atoms with Crippen LogP contribution in [-0.2, 0) is 4.79 Å². The average Bonchev–Trinajstić information content (AvgIpc) is 2.66. The van der Waals surface area contributed by atoms with Gasteiger partial charge in [0.15, 0.2) is 5.96 Å². The number of anilines is 1. The van der Waals surface area contributed by atoms with Crippen LogP contribution in [0.25, 0.3) is 0 Å². The molecule has 0 bridgehead atoms. The first kappa shape index (κ1) is 19.9. The molecule has 1 saturated heterocycles. The first-order chi connectivity index (χ1) is 12.5. The molecular formula is C18H31N7O. The molecule has 1 amide bonds. The minimum absolute atomic E-state index is 0.0330. The van der Waals surface area contributed by atoms with E-state index in [0.717, 1.165) is 44.6 Å². The molecule has 0 aromatic carbocycles. The highest BCUT2D eigenvalue weighted by Crippen LogP contribution is 2.16. The van der Waals surface area contributed by atoms with Gasteiger partial charge in [0.1, 0.15) is 0 Å². The summed E-state index contributed by atoms with van der Waals surface area (Å²) in [7, 11) is 0. The van der Waals surface area contributed by atoms with Crippen molar-refractivity contribution in [3.05, 3.63) is 18.5 Å². The summed E-state index contributed by atoms with van der Waals surface area (Å²) in [5.74, 6) is 1.66. The Morgan fingerprint density at radius 2 is 1.73 bits per heavy atom. The van der Waals surface area contributed by atoms with E-state index >= 15 is 0 Å². The number of nitrogens with zero attached hydrogens (tertiary/aromatic N) is 5. The van der Waals surface area contributed by atoms with Gasteiger partial charge in [-0.25, -0.2) is 9.97 Å². The van der Waals surface area contributed by atoms with Crippen LogP contribution in [0.4, 0.5) is 5.95 Å². The molecule has 0 spiro atoms. The van der Waals surface area contributed by atoms with Crippen molar-refractivity contribution in [2.24, 2.45) is 10.4 Å². The van der Waals surface area contributed by atoms with Gasteiger partial charge in [0.05, 0.1) is 12.0 Å². The number of aliphatic imine (C=N–C) groups is 1. The highest BCUT2D eigenvalue weighted by atomic mass is 16.2. The Balaban J connectivity index is 1.98. The van der Waals surface area contributed by atoms with E-state index in [1.54, 1.807) is 12.4 Å². The van der Waals surface area contributed by atoms with E-state index in [-0.39, 0.29) is 5.91 Å². The second-order valence-corrected chi connectivity index (χ2v) is 6.94. The van der Waals surface area contributed by atoms with Crippen LogP contribution in [0.5, 0.6) is 0 Å². The Labute approximate surface area is 156 Å². The fourth-order valence-corrected chi connectivity index (χ4v) is 2.74. The van der Waals surface area contributed by atoms with Crippen LogP contribution in [0.2, 0.25) is 0 Å². The zero-order valence-electron chi connectivity index (χ0n) is 16.3. The van der Waals surface area contributed by atoms with Gasteiger partial charge in [-0.2, -0.15) is 0 Å². The Bertz CT molecular complexity index is 595. The number of hydrogen-bond donors (Lipinski definition) is 2. The number of carbonyl (C=O) groups is 1. The number of aromatic nitrogens is 2. The van der Waals surface area contributed by atoms with E-state index in [1.165, 1.54) is 0 Å². The first-order valence-corrected chi connectivity index (χ1v) is 9.31. The predicted octanol–water partition coefficient (Wildman–Crippen LogP) is 0.726. The summed E-state index contributed by atoms with van der Waals surface area (Å²) in [6.45, 7) is 13.1. The molecule has 0 radical (unpaired) electrons. The van der Waals surface area contributed by atoms with Crippen LogP contribution < -0.4 is 15.5 Å². The summed E-state index contributed by atoms with van der Waals surface area (Å²) in [6, 6.07) is 1.83. The highest BCUT2D eigenvalue weighted by molar-refractivity contribution is 5.84. The largest absolute Gasteiger partial charge is 0.357 e. The third-order valence-electron chi connectivity index (χ3n) is 4.33. The number of rotatable bonds is 6. The minimum atomic E-state index is -0.531. The normalized spacial score (nSPS) is 15.8. The van der Waals surface area contributed by atoms with Crippen molar-refractivity contribution in [2.45, 2.75) is 27.7 Å². The van der Waals surface area contributed by atoms with Gasteiger partial charge in [-0.05, 0) is 33.8 Å². The number of piperazine rings is 1. The number of amides is 1. The summed E-state index contributed by atoms with van der Waals surface area (Å²) < 4.78 is 0. The smallest absolute Gasteiger partial charge is 0.227 e. The first-order valence-electron chi connectivity index (χ1n) is 9.31. The van der Waals surface area contributed by atoms with Gasteiger partial charge in [-0.3, -0.25) is 9.79 Å². The molecule has 8 nitrogen and oxygen atoms in total. The van der Waals surface area contributed by atoms with E-state index in [2.05, 4.69) is 37.3 Å². The lowest BCUT2D eigenvalue weighted by Crippen LogP contribution is -2.53. The summed E-state index contributed by atoms with van der Waals surface area (Å²) in [5, 5.41) is 6.23. The fraction of sp³-hybridized carbons (Fsp3) is 0.667. The van der Waals surface area contributed by atoms with Crippen LogP contribution >= 0.6 is 0 Å². The second-order valence-electron chi connectivity index (χ2n) is 6.94. The van der Waals surface area contributed by atoms with Gasteiger partial charge >= 0.3 is 0 Å². The molecule has 1 aromatic heterocycles. The quantitative estimate of drug-likeness (QED) is 0.574. The van der Waals surface area contributed by atoms with Gasteiger partial charge in [0, 0.05) is 51.7 Å². The van der Waals surface area contributed by atoms with Crippen LogP contribution in [0.15, 0.2) is 23.5 Å². The van der Waals surface area contributed by atoms with E-state index in [1.807, 2.05) is 26.8 Å². The molecule has 0 unspecified atom stereocenters. The van der Waals surface area contributed by atoms with Crippen LogP contribution in [-0.4, -0.2) is 72.5 Å². The molecule has 1 aliphatic rings. The van der Waals surface area contributed by atoms with Gasteiger partial charge < -0.3 is 20.4 Å². The van der Waals surface area contributed by atoms with Crippen molar-refractivity contribution in [3.63, 3.8) is 0 Å². The highest BCUT2D eigenvalue weighted by Gasteiger charge is 2.28. The summed E-state index contributed by atoms with van der Waals surface area (Å²) in [5.41, 5.74) is -0.531. The van der Waals surface area contributed by atoms with Crippen LogP contribution in [0.3, 0.4) is 0 Å². The SMILES string of the molecule is CCNC(=O)C(C)(C)CN=C(NCC)N1CCN(c2ncccn2)CC1. The Hall–Kier alpha value is -2.38. The van der Waals surface area contributed by atoms with Gasteiger partial charge in [0.25, 0.3) is 0 Å². The summed E-state index contributed by atoms with van der Waals surface area (Å²) >= 11 is 0. The minimum Gasteiger partial charge on any atom is -0.357 e. The summed E-state index contributed by atoms with van der Waals surface area (Å²) in [4.78, 5) is 30.0. The van der Waals surface area contributed by atoms with E-state index in [4.69, 9.17) is 4.99 Å². The molecule has 2 N–H and O–H groups in total. The van der Waals surface area contributed by atoms with Crippen molar-refractivity contribution in [2.75, 3.05) is 50.7 Å². The lowest BCUT2D eigenvalue weighted by Gasteiger charge is -2.36. The molecule has 1 aliphatic heterocycles. The molecule has 0 saturated carbocycles. The zero-order chi connectivity index (χ0) is 19.0. The van der Waals surface area contributed by atoms with E-state index in [0.29, 0.717) is 13.1 Å². The van der Waals surface area contributed by atoms with Gasteiger partial charge in [-0.1, -0.05) is 0 Å². The monoisotopic (exact) mass is 361 g/mol. The maximum atomic E-state index is 12.2. The summed E-state index contributed by atoms with van der Waals surface area (Å²) in [6.07, 6.45) is 3.54. The molecule has 0 atom stereocenters. The van der Waals surface area contributed by atoms with E-state index in [9.17, 15) is 4.79 Å². The van der Waals surface area contributed by atoms with Crippen molar-refractivity contribution < 1.29 is 4.79 Å². The Morgan fingerprint density at radius 3 is 2.31 bits per heavy atom. The van der Waals surface area contributed by atoms with Crippen LogP contribution in [0, 0.1) is 5.41 Å². The molecule has 0 aliphatic carbocycles. The number of carbonyl (C=O) groups excluding carboxylic acids is 1. The van der Waals surface area contributed by atoms with Crippen LogP contribution in [0.1, 0.15) is 27.7 Å². The van der Waals surface area contributed by atoms with Crippen molar-refractivity contribution in [1.29, 1.82) is 0 Å². The third-order valence-corrected chi connectivity index (χ3v) is 4.33. The molecule has 26 heavy (non-hydrogen) atoms. The molecule has 1 aromatic rings. The standard InChI is InChI=1S/C18H31N7O/c1-5-19-15(26)18(3,4)14-23-16(20-6-2)24-10-12-25(13-11-24)17-21-8-7-9-22-17/h7-9H,5-6,10-14H2,1-4H3,(H,19,26)(H,20,23). The Kier molecular flexibility index (Phi) is 7.17. The number of hydrogen-bond acceptors (Lipinski definition) is 5. The number of guanidine groups is 1. The lowest BCUT2D eigenvalue weighted by atomic mass is 9.92. The number of nitrogens with one attached hydrogen (secondary N) is 2. The van der Waals surface area contributed by atoms with Crippen molar-refractivity contribution in [1.82, 2.24) is 25.5 Å². The molecule has 2 heterocycles. The topological polar surface area (TPSA) is 85.8 Å². The molecular weight excluding hydrogens is 330 g/mol. The molecule has 1 fully saturated rings.